The minimum Gasteiger partial charge on any atom is -0.497 e. The molecule has 1 aromatic carbocycles. The number of rotatable bonds is 5. The second kappa shape index (κ2) is 7.40. The molecule has 28 heavy (non-hydrogen) atoms. The van der Waals surface area contributed by atoms with Crippen molar-refractivity contribution < 1.29 is 9.26 Å². The van der Waals surface area contributed by atoms with Crippen molar-refractivity contribution in [1.82, 2.24) is 19.7 Å². The van der Waals surface area contributed by atoms with Crippen LogP contribution in [0.4, 0.5) is 0 Å². The van der Waals surface area contributed by atoms with Crippen LogP contribution in [0.1, 0.15) is 16.3 Å². The fourth-order valence-electron chi connectivity index (χ4n) is 2.80. The molecule has 0 aliphatic carbocycles. The van der Waals surface area contributed by atoms with Gasteiger partial charge in [-0.25, -0.2) is 4.98 Å². The zero-order chi connectivity index (χ0) is 19.8. The normalized spacial score (nSPS) is 11.3. The van der Waals surface area contributed by atoms with Crippen LogP contribution in [0, 0.1) is 13.8 Å². The zero-order valence-electron chi connectivity index (χ0n) is 15.8. The summed E-state index contributed by atoms with van der Waals surface area (Å²) in [6.45, 7) is 3.97. The maximum absolute atomic E-state index is 12.7. The Balaban J connectivity index is 1.58. The predicted molar refractivity (Wildman–Crippen MR) is 110 cm³/mol. The molecule has 0 aliphatic rings. The Hall–Kier alpha value is -2.65. The van der Waals surface area contributed by atoms with Crippen LogP contribution in [-0.2, 0) is 12.8 Å². The summed E-state index contributed by atoms with van der Waals surface area (Å²) in [5, 5.41) is 5.36. The van der Waals surface area contributed by atoms with Crippen molar-refractivity contribution in [2.24, 2.45) is 7.05 Å². The Bertz CT molecular complexity index is 1230. The molecule has 0 amide bonds. The third-order valence-electron chi connectivity index (χ3n) is 4.49. The number of ether oxygens (including phenoxy) is 1. The molecule has 0 aliphatic heterocycles. The Morgan fingerprint density at radius 1 is 1.29 bits per heavy atom. The van der Waals surface area contributed by atoms with Gasteiger partial charge in [0.1, 0.15) is 10.6 Å². The van der Waals surface area contributed by atoms with Gasteiger partial charge >= 0.3 is 0 Å². The third-order valence-corrected chi connectivity index (χ3v) is 6.61. The third kappa shape index (κ3) is 3.31. The van der Waals surface area contributed by atoms with E-state index in [4.69, 9.17) is 9.26 Å². The summed E-state index contributed by atoms with van der Waals surface area (Å²) in [4.78, 5) is 23.7. The smallest absolute Gasteiger partial charge is 0.262 e. The molecular weight excluding hydrogens is 396 g/mol. The number of aromatic nitrogens is 4. The molecule has 9 heteroatoms. The molecule has 0 fully saturated rings. The van der Waals surface area contributed by atoms with Crippen LogP contribution >= 0.6 is 23.1 Å². The first-order chi connectivity index (χ1) is 13.5. The van der Waals surface area contributed by atoms with E-state index >= 15 is 0 Å². The van der Waals surface area contributed by atoms with Crippen molar-refractivity contribution in [2.45, 2.75) is 24.8 Å². The van der Waals surface area contributed by atoms with E-state index in [-0.39, 0.29) is 5.56 Å². The number of nitrogens with zero attached hydrogens (tertiary/aromatic N) is 4. The van der Waals surface area contributed by atoms with Crippen molar-refractivity contribution in [2.75, 3.05) is 7.11 Å². The van der Waals surface area contributed by atoms with Crippen LogP contribution in [-0.4, -0.2) is 26.8 Å². The second-order valence-corrected chi connectivity index (χ2v) is 8.40. The molecule has 144 valence electrons. The van der Waals surface area contributed by atoms with Crippen LogP contribution in [0.3, 0.4) is 0 Å². The van der Waals surface area contributed by atoms with Crippen molar-refractivity contribution in [3.63, 3.8) is 0 Å². The summed E-state index contributed by atoms with van der Waals surface area (Å²) in [6, 6.07) is 7.48. The summed E-state index contributed by atoms with van der Waals surface area (Å²) in [7, 11) is 3.35. The van der Waals surface area contributed by atoms with Crippen molar-refractivity contribution in [3.05, 3.63) is 51.0 Å². The Labute approximate surface area is 169 Å². The maximum atomic E-state index is 12.7. The molecule has 0 radical (unpaired) electrons. The van der Waals surface area contributed by atoms with Gasteiger partial charge in [0, 0.05) is 17.5 Å². The number of fused-ring (bicyclic) bond motifs is 1. The van der Waals surface area contributed by atoms with Gasteiger partial charge in [0.15, 0.2) is 5.16 Å². The molecule has 0 unspecified atom stereocenters. The summed E-state index contributed by atoms with van der Waals surface area (Å²) >= 11 is 2.94. The molecule has 0 saturated heterocycles. The first kappa shape index (κ1) is 18.7. The lowest BCUT2D eigenvalue weighted by molar-refractivity contribution is 0.391. The van der Waals surface area contributed by atoms with E-state index < -0.39 is 0 Å². The number of thiophene rings is 1. The number of benzene rings is 1. The van der Waals surface area contributed by atoms with E-state index in [0.29, 0.717) is 28.0 Å². The van der Waals surface area contributed by atoms with Crippen LogP contribution < -0.4 is 10.3 Å². The van der Waals surface area contributed by atoms with Gasteiger partial charge in [0.05, 0.1) is 18.2 Å². The highest BCUT2D eigenvalue weighted by Gasteiger charge is 2.16. The lowest BCUT2D eigenvalue weighted by Crippen LogP contribution is -2.19. The van der Waals surface area contributed by atoms with Gasteiger partial charge < -0.3 is 9.26 Å². The van der Waals surface area contributed by atoms with Crippen LogP contribution in [0.5, 0.6) is 5.75 Å². The van der Waals surface area contributed by atoms with E-state index in [1.807, 2.05) is 38.1 Å². The van der Waals surface area contributed by atoms with E-state index in [2.05, 4.69) is 15.1 Å². The fraction of sp³-hybridized carbons (Fsp3) is 0.263. The lowest BCUT2D eigenvalue weighted by Gasteiger charge is -2.05. The largest absolute Gasteiger partial charge is 0.497 e. The average molecular weight is 415 g/mol. The number of hydrogen-bond acceptors (Lipinski definition) is 8. The maximum Gasteiger partial charge on any atom is 0.262 e. The van der Waals surface area contributed by atoms with Gasteiger partial charge in [-0.2, -0.15) is 4.98 Å². The highest BCUT2D eigenvalue weighted by atomic mass is 32.2. The molecular formula is C19H18N4O3S2. The average Bonchev–Trinajstić information content (AvgIpc) is 3.28. The van der Waals surface area contributed by atoms with Gasteiger partial charge in [-0.05, 0) is 31.5 Å². The van der Waals surface area contributed by atoms with E-state index in [9.17, 15) is 4.79 Å². The standard InChI is InChI=1S/C19H18N4O3S2/c1-10-11(2)28-17-15(10)18(24)23(3)19(21-17)27-9-14-20-16(22-26-14)12-6-5-7-13(8-12)25-4/h5-8H,9H2,1-4H3. The van der Waals surface area contributed by atoms with Gasteiger partial charge in [-0.15, -0.1) is 11.3 Å². The lowest BCUT2D eigenvalue weighted by atomic mass is 10.2. The van der Waals surface area contributed by atoms with Gasteiger partial charge in [0.25, 0.3) is 5.56 Å². The minimum absolute atomic E-state index is 0.0306. The SMILES string of the molecule is COc1cccc(-c2noc(CSc3nc4sc(C)c(C)c4c(=O)n3C)n2)c1. The highest BCUT2D eigenvalue weighted by molar-refractivity contribution is 7.98. The Morgan fingerprint density at radius 2 is 2.11 bits per heavy atom. The minimum atomic E-state index is -0.0306. The first-order valence-corrected chi connectivity index (χ1v) is 10.3. The van der Waals surface area contributed by atoms with E-state index in [1.54, 1.807) is 30.1 Å². The summed E-state index contributed by atoms with van der Waals surface area (Å²) in [5.41, 5.74) is 1.79. The van der Waals surface area contributed by atoms with Crippen molar-refractivity contribution in [3.8, 4) is 17.1 Å². The predicted octanol–water partition coefficient (Wildman–Crippen LogP) is 3.96. The molecule has 0 bridgehead atoms. The topological polar surface area (TPSA) is 83.0 Å². The molecule has 4 aromatic rings. The Kier molecular flexibility index (Phi) is 4.94. The van der Waals surface area contributed by atoms with Crippen LogP contribution in [0.25, 0.3) is 21.6 Å². The number of hydrogen-bond donors (Lipinski definition) is 0. The molecule has 0 N–H and O–H groups in total. The van der Waals surface area contributed by atoms with Crippen LogP contribution in [0.15, 0.2) is 38.7 Å². The molecule has 0 atom stereocenters. The highest BCUT2D eigenvalue weighted by Crippen LogP contribution is 2.29. The summed E-state index contributed by atoms with van der Waals surface area (Å²) in [5.74, 6) is 2.12. The van der Waals surface area contributed by atoms with Crippen molar-refractivity contribution in [1.29, 1.82) is 0 Å². The number of thioether (sulfide) groups is 1. The fourth-order valence-corrected chi connectivity index (χ4v) is 4.68. The molecule has 3 aromatic heterocycles. The number of methoxy groups -OCH3 is 1. The molecule has 7 nitrogen and oxygen atoms in total. The van der Waals surface area contributed by atoms with E-state index in [0.717, 1.165) is 26.6 Å². The molecule has 4 rings (SSSR count). The number of aryl methyl sites for hydroxylation is 2. The summed E-state index contributed by atoms with van der Waals surface area (Å²) < 4.78 is 12.2. The van der Waals surface area contributed by atoms with Crippen molar-refractivity contribution >= 4 is 33.3 Å². The van der Waals surface area contributed by atoms with E-state index in [1.165, 1.54) is 11.8 Å². The quantitative estimate of drug-likeness (QED) is 0.361. The molecule has 0 spiro atoms. The Morgan fingerprint density at radius 3 is 2.89 bits per heavy atom. The zero-order valence-corrected chi connectivity index (χ0v) is 17.5. The van der Waals surface area contributed by atoms with Crippen LogP contribution in [0.2, 0.25) is 0 Å². The first-order valence-electron chi connectivity index (χ1n) is 8.54. The van der Waals surface area contributed by atoms with Gasteiger partial charge in [-0.1, -0.05) is 29.1 Å². The molecule has 0 saturated carbocycles. The second-order valence-electron chi connectivity index (χ2n) is 6.25. The summed E-state index contributed by atoms with van der Waals surface area (Å²) in [6.07, 6.45) is 0. The van der Waals surface area contributed by atoms with Gasteiger partial charge in [-0.3, -0.25) is 9.36 Å². The molecule has 3 heterocycles. The monoisotopic (exact) mass is 414 g/mol. The van der Waals surface area contributed by atoms with Gasteiger partial charge in [0.2, 0.25) is 11.7 Å².